The van der Waals surface area contributed by atoms with Crippen molar-refractivity contribution in [3.05, 3.63) is 77.3 Å². The first-order valence-corrected chi connectivity index (χ1v) is 26.1. The third-order valence-corrected chi connectivity index (χ3v) is 13.8. The van der Waals surface area contributed by atoms with Crippen LogP contribution < -0.4 is 20.7 Å². The maximum absolute atomic E-state index is 14.4. The van der Waals surface area contributed by atoms with E-state index in [1.54, 1.807) is 23.3 Å². The Labute approximate surface area is 427 Å². The Morgan fingerprint density at radius 1 is 0.917 bits per heavy atom. The van der Waals surface area contributed by atoms with E-state index in [9.17, 15) is 28.7 Å². The number of nitrogens with zero attached hydrogens (tertiary/aromatic N) is 5. The summed E-state index contributed by atoms with van der Waals surface area (Å²) in [6, 6.07) is 14.4. The van der Waals surface area contributed by atoms with Crippen molar-refractivity contribution >= 4 is 52.3 Å². The van der Waals surface area contributed by atoms with E-state index in [-0.39, 0.29) is 73.7 Å². The number of hydrogen-bond donors (Lipinski definition) is 4. The smallest absolute Gasteiger partial charge is 0.243 e. The van der Waals surface area contributed by atoms with Crippen molar-refractivity contribution in [2.45, 2.75) is 104 Å². The van der Waals surface area contributed by atoms with Gasteiger partial charge in [-0.3, -0.25) is 19.2 Å². The van der Waals surface area contributed by atoms with Crippen molar-refractivity contribution in [1.82, 2.24) is 30.1 Å². The van der Waals surface area contributed by atoms with Crippen molar-refractivity contribution in [3.8, 4) is 16.2 Å². The number of anilines is 3. The maximum Gasteiger partial charge on any atom is 0.243 e. The molecule has 19 heteroatoms. The number of β-amino-alcohol motifs (C(OH)–C–C–N with tert-alkyl or cyclic N) is 1. The molecule has 3 heterocycles. The number of thiazole rings is 1. The van der Waals surface area contributed by atoms with Crippen molar-refractivity contribution in [2.75, 3.05) is 83.6 Å². The quantitative estimate of drug-likeness (QED) is 0.0377. The Kier molecular flexibility index (Phi) is 21.7. The monoisotopic (exact) mass is 1020 g/mol. The minimum Gasteiger partial charge on any atom is -0.494 e. The van der Waals surface area contributed by atoms with E-state index in [0.717, 1.165) is 66.4 Å². The average molecular weight is 1020 g/mol. The van der Waals surface area contributed by atoms with Gasteiger partial charge in [0.2, 0.25) is 23.7 Å². The molecule has 0 bridgehead atoms. The number of carbonyl (C=O) groups is 4. The van der Waals surface area contributed by atoms with Gasteiger partial charge in [0.25, 0.3) is 0 Å². The van der Waals surface area contributed by atoms with Crippen LogP contribution in [0.2, 0.25) is 0 Å². The number of aliphatic hydroxyl groups excluding tert-OH is 1. The molecule has 2 aromatic heterocycles. The minimum atomic E-state index is -0.838. The number of benzene rings is 2. The molecule has 0 radical (unpaired) electrons. The Bertz CT molecular complexity index is 2340. The van der Waals surface area contributed by atoms with E-state index >= 15 is 0 Å². The highest BCUT2D eigenvalue weighted by molar-refractivity contribution is 7.13. The molecule has 3 atom stereocenters. The number of likely N-dealkylation sites (tertiary alicyclic amines) is 1. The number of unbranched alkanes of at least 4 members (excludes halogenated alkanes) is 1. The van der Waals surface area contributed by atoms with E-state index in [2.05, 4.69) is 30.9 Å². The molecule has 4 aromatic rings. The zero-order valence-electron chi connectivity index (χ0n) is 42.5. The summed E-state index contributed by atoms with van der Waals surface area (Å²) < 4.78 is 37.4. The number of amides is 3. The number of carbonyl (C=O) groups excluding carboxylic acids is 4. The number of Topliss-reactive ketones (excluding diaryl/α,β-unsaturated/α-hetero) is 1. The number of halogens is 1. The van der Waals surface area contributed by atoms with Crippen molar-refractivity contribution < 1.29 is 47.6 Å². The average Bonchev–Trinajstić information content (AvgIpc) is 3.96. The number of aromatic nitrogens is 3. The second-order valence-electron chi connectivity index (χ2n) is 19.6. The van der Waals surface area contributed by atoms with E-state index in [0.29, 0.717) is 70.6 Å². The topological polar surface area (TPSA) is 207 Å². The normalized spacial score (nSPS) is 16.2. The van der Waals surface area contributed by atoms with Crippen LogP contribution >= 0.6 is 11.3 Å². The van der Waals surface area contributed by atoms with Gasteiger partial charge in [0.15, 0.2) is 17.4 Å². The van der Waals surface area contributed by atoms with Gasteiger partial charge in [0.05, 0.1) is 35.0 Å². The lowest BCUT2D eigenvalue weighted by molar-refractivity contribution is -0.146. The molecule has 2 fully saturated rings. The Morgan fingerprint density at radius 2 is 1.60 bits per heavy atom. The van der Waals surface area contributed by atoms with E-state index < -0.39 is 29.3 Å². The number of rotatable bonds is 30. The highest BCUT2D eigenvalue weighted by Crippen LogP contribution is 2.34. The van der Waals surface area contributed by atoms with Gasteiger partial charge < -0.3 is 49.8 Å². The van der Waals surface area contributed by atoms with Gasteiger partial charge in [-0.2, -0.15) is 4.98 Å². The largest absolute Gasteiger partial charge is 0.494 e. The second kappa shape index (κ2) is 28.0. The van der Waals surface area contributed by atoms with Crippen molar-refractivity contribution in [1.29, 1.82) is 0 Å². The molecular formula is C53H73FN8O9S. The molecule has 2 aromatic carbocycles. The van der Waals surface area contributed by atoms with Gasteiger partial charge >= 0.3 is 0 Å². The Balaban J connectivity index is 0.767. The number of hydrogen-bond acceptors (Lipinski definition) is 15. The second-order valence-corrected chi connectivity index (χ2v) is 20.5. The molecule has 3 amide bonds. The van der Waals surface area contributed by atoms with Gasteiger partial charge in [0, 0.05) is 103 Å². The number of nitrogens with one attached hydrogen (secondary N) is 3. The molecule has 1 saturated heterocycles. The highest BCUT2D eigenvalue weighted by atomic mass is 32.1. The fourth-order valence-corrected chi connectivity index (χ4v) is 9.17. The summed E-state index contributed by atoms with van der Waals surface area (Å²) in [5, 5.41) is 19.6. The standard InChI is InChI=1S/C53H73FN8O9S/c1-36-47(72-35-58-36)38-15-13-37(14-16-38)31-56-49(65)46-30-41(63)33-62(46)51(67)44(53(2,3)4)29-42(64)34-70-27-9-25-68-23-6-7-24-69-26-10-28-71-43-19-17-40(18-20-43)59-52-57-32-45(54)48(60-52)55-21-22-61(5)50(66)39-11-8-12-39/h13-20,32,35,39,41,44,46,63H,6-12,21-31,33-34H2,1-5H3,(H,56,65)(H2,55,57,59,60)/t41-,44-,46+/m0/s1. The summed E-state index contributed by atoms with van der Waals surface area (Å²) >= 11 is 1.58. The van der Waals surface area contributed by atoms with Crippen LogP contribution in [0.4, 0.5) is 21.8 Å². The SMILES string of the molecule is Cc1ncsc1-c1ccc(CNC(=O)[C@H]2C[C@H](O)CN2C(=O)[C@H](CC(=O)COCCCOCCCCOCCCOc2ccc(Nc3ncc(F)c(NCCN(C)C(=O)C4CCC4)n3)cc2)C(C)(C)C)cc1. The van der Waals surface area contributed by atoms with Crippen molar-refractivity contribution in [3.63, 3.8) is 0 Å². The molecule has 0 unspecified atom stereocenters. The fraction of sp³-hybridized carbons (Fsp3) is 0.566. The molecular weight excluding hydrogens is 944 g/mol. The summed E-state index contributed by atoms with van der Waals surface area (Å²) in [5.41, 5.74) is 4.89. The first-order chi connectivity index (χ1) is 34.7. The van der Waals surface area contributed by atoms with Gasteiger partial charge in [-0.15, -0.1) is 11.3 Å². The van der Waals surface area contributed by atoms with E-state index in [4.69, 9.17) is 18.9 Å². The first kappa shape index (κ1) is 55.7. The number of aryl methyl sites for hydroxylation is 1. The number of ether oxygens (including phenoxy) is 4. The van der Waals surface area contributed by atoms with Crippen molar-refractivity contribution in [2.24, 2.45) is 17.3 Å². The predicted octanol–water partition coefficient (Wildman–Crippen LogP) is 7.35. The molecule has 1 aliphatic carbocycles. The third kappa shape index (κ3) is 17.3. The van der Waals surface area contributed by atoms with Crippen LogP contribution in [0, 0.1) is 30.0 Å². The molecule has 17 nitrogen and oxygen atoms in total. The summed E-state index contributed by atoms with van der Waals surface area (Å²) in [5.74, 6) is -0.871. The number of aliphatic hydroxyl groups is 1. The zero-order valence-corrected chi connectivity index (χ0v) is 43.3. The lowest BCUT2D eigenvalue weighted by Gasteiger charge is -2.34. The predicted molar refractivity (Wildman–Crippen MR) is 274 cm³/mol. The third-order valence-electron chi connectivity index (χ3n) is 12.9. The molecule has 2 aliphatic rings. The van der Waals surface area contributed by atoms with Crippen LogP contribution in [0.5, 0.6) is 5.75 Å². The number of likely N-dealkylation sites (N-methyl/N-ethyl adjacent to an activating group) is 1. The van der Waals surface area contributed by atoms with Crippen LogP contribution in [0.1, 0.15) is 89.8 Å². The van der Waals surface area contributed by atoms with Crippen LogP contribution in [-0.4, -0.2) is 138 Å². The molecule has 1 aliphatic heterocycles. The fourth-order valence-electron chi connectivity index (χ4n) is 8.36. The summed E-state index contributed by atoms with van der Waals surface area (Å²) in [6.07, 6.45) is 6.39. The summed E-state index contributed by atoms with van der Waals surface area (Å²) in [7, 11) is 1.77. The molecule has 6 rings (SSSR count). The molecule has 4 N–H and O–H groups in total. The van der Waals surface area contributed by atoms with Gasteiger partial charge in [-0.1, -0.05) is 51.5 Å². The lowest BCUT2D eigenvalue weighted by atomic mass is 9.77. The van der Waals surface area contributed by atoms with Gasteiger partial charge in [-0.05, 0) is 79.8 Å². The highest BCUT2D eigenvalue weighted by Gasteiger charge is 2.44. The van der Waals surface area contributed by atoms with E-state index in [1.165, 1.54) is 4.90 Å². The van der Waals surface area contributed by atoms with E-state index in [1.807, 2.05) is 81.7 Å². The zero-order chi connectivity index (χ0) is 51.5. The van der Waals surface area contributed by atoms with Gasteiger partial charge in [-0.25, -0.2) is 14.4 Å². The minimum absolute atomic E-state index is 0.0311. The number of ketones is 1. The molecule has 72 heavy (non-hydrogen) atoms. The lowest BCUT2D eigenvalue weighted by Crippen LogP contribution is -2.50. The molecule has 1 saturated carbocycles. The van der Waals surface area contributed by atoms with Crippen LogP contribution in [-0.2, 0) is 39.9 Å². The van der Waals surface area contributed by atoms with Crippen LogP contribution in [0.3, 0.4) is 0 Å². The Hall–Kier alpha value is -5.60. The Morgan fingerprint density at radius 3 is 2.25 bits per heavy atom. The molecule has 0 spiro atoms. The van der Waals surface area contributed by atoms with Crippen LogP contribution in [0.25, 0.3) is 10.4 Å². The van der Waals surface area contributed by atoms with Gasteiger partial charge in [0.1, 0.15) is 18.4 Å². The summed E-state index contributed by atoms with van der Waals surface area (Å²) in [4.78, 5) is 69.7. The maximum atomic E-state index is 14.4. The first-order valence-electron chi connectivity index (χ1n) is 25.2. The molecule has 392 valence electrons. The van der Waals surface area contributed by atoms with Crippen LogP contribution in [0.15, 0.2) is 60.2 Å². The summed E-state index contributed by atoms with van der Waals surface area (Å²) in [6.45, 7) is 11.8.